The van der Waals surface area contributed by atoms with E-state index in [-0.39, 0.29) is 12.2 Å². The smallest absolute Gasteiger partial charge is 0.339 e. The molecule has 0 unspecified atom stereocenters. The Hall–Kier alpha value is -1.75. The fraction of sp³-hybridized carbons (Fsp3) is 0.154. The summed E-state index contributed by atoms with van der Waals surface area (Å²) < 4.78 is 11.4. The quantitative estimate of drug-likeness (QED) is 0.936. The van der Waals surface area contributed by atoms with Crippen LogP contribution in [-0.4, -0.2) is 11.1 Å². The molecule has 1 heterocycles. The molecule has 0 aliphatic rings. The number of aryl methyl sites for hydroxylation is 1. The van der Waals surface area contributed by atoms with E-state index in [0.717, 1.165) is 5.56 Å². The highest BCUT2D eigenvalue weighted by atomic mass is 79.9. The van der Waals surface area contributed by atoms with E-state index in [2.05, 4.69) is 15.9 Å². The molecule has 1 aromatic heterocycles. The van der Waals surface area contributed by atoms with Gasteiger partial charge in [-0.05, 0) is 52.7 Å². The molecule has 2 rings (SSSR count). The zero-order valence-corrected chi connectivity index (χ0v) is 11.2. The predicted octanol–water partition coefficient (Wildman–Crippen LogP) is 3.63. The molecule has 0 saturated carbocycles. The number of carboxylic acids is 1. The molecule has 0 aliphatic heterocycles. The largest absolute Gasteiger partial charge is 0.485 e. The zero-order chi connectivity index (χ0) is 13.1. The Kier molecular flexibility index (Phi) is 3.72. The van der Waals surface area contributed by atoms with Crippen LogP contribution in [0.1, 0.15) is 21.7 Å². The van der Waals surface area contributed by atoms with Crippen molar-refractivity contribution in [1.29, 1.82) is 0 Å². The molecule has 5 heteroatoms. The van der Waals surface area contributed by atoms with Gasteiger partial charge in [0.15, 0.2) is 4.67 Å². The van der Waals surface area contributed by atoms with Crippen LogP contribution >= 0.6 is 15.9 Å². The predicted molar refractivity (Wildman–Crippen MR) is 68.9 cm³/mol. The molecule has 18 heavy (non-hydrogen) atoms. The van der Waals surface area contributed by atoms with Crippen LogP contribution in [0.15, 0.2) is 39.4 Å². The van der Waals surface area contributed by atoms with Gasteiger partial charge in [-0.25, -0.2) is 4.79 Å². The van der Waals surface area contributed by atoms with E-state index >= 15 is 0 Å². The number of halogens is 1. The second-order valence-corrected chi connectivity index (χ2v) is 4.58. The molecular weight excluding hydrogens is 300 g/mol. The highest BCUT2D eigenvalue weighted by Gasteiger charge is 2.12. The summed E-state index contributed by atoms with van der Waals surface area (Å²) in [5.41, 5.74) is 1.09. The van der Waals surface area contributed by atoms with Gasteiger partial charge in [-0.2, -0.15) is 0 Å². The molecule has 0 fully saturated rings. The normalized spacial score (nSPS) is 10.3. The van der Waals surface area contributed by atoms with Gasteiger partial charge in [0.1, 0.15) is 23.7 Å². The van der Waals surface area contributed by atoms with Gasteiger partial charge in [0.05, 0.1) is 0 Å². The summed E-state index contributed by atoms with van der Waals surface area (Å²) in [6, 6.07) is 8.49. The van der Waals surface area contributed by atoms with Gasteiger partial charge in [-0.15, -0.1) is 0 Å². The van der Waals surface area contributed by atoms with Crippen LogP contribution in [0.2, 0.25) is 0 Å². The molecule has 94 valence electrons. The van der Waals surface area contributed by atoms with Crippen LogP contribution in [0.5, 0.6) is 5.75 Å². The minimum atomic E-state index is -1.01. The van der Waals surface area contributed by atoms with Crippen molar-refractivity contribution in [3.8, 4) is 5.75 Å². The number of aromatic carboxylic acids is 1. The number of furan rings is 1. The van der Waals surface area contributed by atoms with Crippen LogP contribution in [0.25, 0.3) is 0 Å². The first-order chi connectivity index (χ1) is 8.56. The summed E-state index contributed by atoms with van der Waals surface area (Å²) in [7, 11) is 0. The second-order valence-electron chi connectivity index (χ2n) is 3.80. The van der Waals surface area contributed by atoms with Crippen LogP contribution in [0.3, 0.4) is 0 Å². The Balaban J connectivity index is 2.17. The third kappa shape index (κ3) is 2.92. The van der Waals surface area contributed by atoms with E-state index in [1.165, 1.54) is 6.07 Å². The molecule has 1 N–H and O–H groups in total. The molecule has 0 radical (unpaired) electrons. The fourth-order valence-corrected chi connectivity index (χ4v) is 1.84. The minimum Gasteiger partial charge on any atom is -0.485 e. The van der Waals surface area contributed by atoms with Crippen molar-refractivity contribution < 1.29 is 19.1 Å². The topological polar surface area (TPSA) is 59.7 Å². The number of ether oxygens (including phenoxy) is 1. The SMILES string of the molecule is Cc1ccc(C(=O)O)c(OCc2ccc(Br)o2)c1. The van der Waals surface area contributed by atoms with Gasteiger partial charge in [-0.1, -0.05) is 6.07 Å². The van der Waals surface area contributed by atoms with Crippen LogP contribution in [0.4, 0.5) is 0 Å². The maximum atomic E-state index is 11.0. The van der Waals surface area contributed by atoms with Gasteiger partial charge in [0, 0.05) is 0 Å². The number of rotatable bonds is 4. The molecule has 4 nitrogen and oxygen atoms in total. The van der Waals surface area contributed by atoms with Gasteiger partial charge >= 0.3 is 5.97 Å². The first-order valence-electron chi connectivity index (χ1n) is 5.27. The van der Waals surface area contributed by atoms with E-state index in [9.17, 15) is 4.79 Å². The number of hydrogen-bond acceptors (Lipinski definition) is 3. The Bertz CT molecular complexity index is 574. The summed E-state index contributed by atoms with van der Waals surface area (Å²) >= 11 is 3.19. The lowest BCUT2D eigenvalue weighted by Gasteiger charge is -2.08. The summed E-state index contributed by atoms with van der Waals surface area (Å²) in [6.07, 6.45) is 0. The van der Waals surface area contributed by atoms with E-state index in [4.69, 9.17) is 14.3 Å². The lowest BCUT2D eigenvalue weighted by molar-refractivity contribution is 0.0691. The lowest BCUT2D eigenvalue weighted by atomic mass is 10.1. The van der Waals surface area contributed by atoms with Crippen molar-refractivity contribution in [2.75, 3.05) is 0 Å². The maximum absolute atomic E-state index is 11.0. The standard InChI is InChI=1S/C13H11BrO4/c1-8-2-4-10(13(15)16)11(6-8)17-7-9-3-5-12(14)18-9/h2-6H,7H2,1H3,(H,15,16). The van der Waals surface area contributed by atoms with Crippen molar-refractivity contribution >= 4 is 21.9 Å². The van der Waals surface area contributed by atoms with Crippen molar-refractivity contribution in [2.24, 2.45) is 0 Å². The number of carboxylic acid groups (broad SMARTS) is 1. The van der Waals surface area contributed by atoms with Gasteiger partial charge in [0.25, 0.3) is 0 Å². The first kappa shape index (κ1) is 12.7. The molecule has 2 aromatic rings. The third-order valence-electron chi connectivity index (χ3n) is 2.37. The molecule has 0 aliphatic carbocycles. The summed E-state index contributed by atoms with van der Waals surface area (Å²) in [5, 5.41) is 9.05. The fourth-order valence-electron chi connectivity index (χ4n) is 1.50. The molecule has 1 aromatic carbocycles. The molecule has 0 bridgehead atoms. The number of benzene rings is 1. The lowest BCUT2D eigenvalue weighted by Crippen LogP contribution is -2.03. The van der Waals surface area contributed by atoms with Crippen molar-refractivity contribution in [1.82, 2.24) is 0 Å². The highest BCUT2D eigenvalue weighted by molar-refractivity contribution is 9.10. The van der Waals surface area contributed by atoms with Crippen molar-refractivity contribution in [2.45, 2.75) is 13.5 Å². The highest BCUT2D eigenvalue weighted by Crippen LogP contribution is 2.22. The molecular formula is C13H11BrO4. The van der Waals surface area contributed by atoms with Crippen molar-refractivity contribution in [3.05, 3.63) is 51.9 Å². The van der Waals surface area contributed by atoms with Gasteiger partial charge in [-0.3, -0.25) is 0 Å². The maximum Gasteiger partial charge on any atom is 0.339 e. The zero-order valence-electron chi connectivity index (χ0n) is 9.64. The average Bonchev–Trinajstić information content (AvgIpc) is 2.72. The molecule has 0 spiro atoms. The summed E-state index contributed by atoms with van der Waals surface area (Å²) in [6.45, 7) is 2.07. The molecule has 0 saturated heterocycles. The average molecular weight is 311 g/mol. The van der Waals surface area contributed by atoms with Gasteiger partial charge in [0.2, 0.25) is 0 Å². The van der Waals surface area contributed by atoms with Crippen LogP contribution < -0.4 is 4.74 Å². The molecule has 0 amide bonds. The van der Waals surface area contributed by atoms with Crippen molar-refractivity contribution in [3.63, 3.8) is 0 Å². The Morgan fingerprint density at radius 2 is 2.17 bits per heavy atom. The van der Waals surface area contributed by atoms with E-state index in [0.29, 0.717) is 16.2 Å². The Morgan fingerprint density at radius 1 is 1.39 bits per heavy atom. The van der Waals surface area contributed by atoms with E-state index < -0.39 is 5.97 Å². The summed E-state index contributed by atoms with van der Waals surface area (Å²) in [5.74, 6) is -0.0413. The Morgan fingerprint density at radius 3 is 2.78 bits per heavy atom. The monoisotopic (exact) mass is 310 g/mol. The van der Waals surface area contributed by atoms with Gasteiger partial charge < -0.3 is 14.3 Å². The van der Waals surface area contributed by atoms with Crippen LogP contribution in [0, 0.1) is 6.92 Å². The summed E-state index contributed by atoms with van der Waals surface area (Å²) in [4.78, 5) is 11.0. The number of carbonyl (C=O) groups is 1. The Labute approximate surface area is 112 Å². The molecule has 0 atom stereocenters. The van der Waals surface area contributed by atoms with E-state index in [1.807, 2.05) is 6.92 Å². The van der Waals surface area contributed by atoms with Crippen LogP contribution in [-0.2, 0) is 6.61 Å². The minimum absolute atomic E-state index is 0.145. The third-order valence-corrected chi connectivity index (χ3v) is 2.79. The second kappa shape index (κ2) is 5.27. The first-order valence-corrected chi connectivity index (χ1v) is 6.06. The van der Waals surface area contributed by atoms with E-state index in [1.54, 1.807) is 24.3 Å². The number of hydrogen-bond donors (Lipinski definition) is 1.